The predicted octanol–water partition coefficient (Wildman–Crippen LogP) is 2.29. The third kappa shape index (κ3) is 2.43. The molecule has 0 aliphatic carbocycles. The third-order valence-corrected chi connectivity index (χ3v) is 4.13. The van der Waals surface area contributed by atoms with Crippen molar-refractivity contribution in [2.75, 3.05) is 42.9 Å². The number of nitrogens with one attached hydrogen (secondary N) is 2. The van der Waals surface area contributed by atoms with Crippen LogP contribution in [0.5, 0.6) is 0 Å². The maximum absolute atomic E-state index is 3.56. The Morgan fingerprint density at radius 1 is 1.35 bits per heavy atom. The molecule has 1 aromatic carbocycles. The summed E-state index contributed by atoms with van der Waals surface area (Å²) in [7, 11) is 0. The zero-order valence-corrected chi connectivity index (χ0v) is 11.5. The predicted molar refractivity (Wildman–Crippen MR) is 75.8 cm³/mol. The van der Waals surface area contributed by atoms with Crippen molar-refractivity contribution in [1.82, 2.24) is 5.32 Å². The second-order valence-corrected chi connectivity index (χ2v) is 5.81. The first-order valence-electron chi connectivity index (χ1n) is 6.32. The average Bonchev–Trinajstić information content (AvgIpc) is 2.83. The van der Waals surface area contributed by atoms with Crippen LogP contribution in [-0.4, -0.2) is 32.7 Å². The van der Waals surface area contributed by atoms with Crippen molar-refractivity contribution in [3.05, 3.63) is 22.7 Å². The molecule has 3 rings (SSSR count). The Balaban J connectivity index is 1.80. The van der Waals surface area contributed by atoms with Crippen LogP contribution in [0.2, 0.25) is 0 Å². The molecule has 1 fully saturated rings. The maximum atomic E-state index is 3.56. The first-order valence-corrected chi connectivity index (χ1v) is 7.11. The Kier molecular flexibility index (Phi) is 3.25. The molecule has 2 aliphatic heterocycles. The highest BCUT2D eigenvalue weighted by Crippen LogP contribution is 2.32. The summed E-state index contributed by atoms with van der Waals surface area (Å²) in [5.41, 5.74) is 2.61. The van der Waals surface area contributed by atoms with Gasteiger partial charge >= 0.3 is 0 Å². The zero-order chi connectivity index (χ0) is 11.7. The van der Waals surface area contributed by atoms with Crippen LogP contribution in [0.15, 0.2) is 22.7 Å². The number of hydrogen-bond acceptors (Lipinski definition) is 3. The van der Waals surface area contributed by atoms with Crippen molar-refractivity contribution in [1.29, 1.82) is 0 Å². The lowest BCUT2D eigenvalue weighted by atomic mass is 10.1. The quantitative estimate of drug-likeness (QED) is 0.877. The summed E-state index contributed by atoms with van der Waals surface area (Å²) in [6.45, 7) is 5.70. The number of nitrogens with zero attached hydrogens (tertiary/aromatic N) is 1. The molecule has 1 atom stereocenters. The maximum Gasteiger partial charge on any atom is 0.0614 e. The van der Waals surface area contributed by atoms with E-state index >= 15 is 0 Å². The zero-order valence-electron chi connectivity index (χ0n) is 9.88. The molecule has 1 saturated heterocycles. The van der Waals surface area contributed by atoms with Gasteiger partial charge in [-0.3, -0.25) is 0 Å². The lowest BCUT2D eigenvalue weighted by Crippen LogP contribution is -2.38. The summed E-state index contributed by atoms with van der Waals surface area (Å²) in [6.07, 6.45) is 1.31. The highest BCUT2D eigenvalue weighted by atomic mass is 79.9. The van der Waals surface area contributed by atoms with Gasteiger partial charge in [-0.25, -0.2) is 0 Å². The van der Waals surface area contributed by atoms with Gasteiger partial charge in [-0.1, -0.05) is 15.9 Å². The second kappa shape index (κ2) is 4.86. The highest BCUT2D eigenvalue weighted by molar-refractivity contribution is 9.10. The summed E-state index contributed by atoms with van der Waals surface area (Å²) in [4.78, 5) is 2.52. The normalized spacial score (nSPS) is 23.4. The monoisotopic (exact) mass is 295 g/mol. The number of benzene rings is 1. The van der Waals surface area contributed by atoms with Gasteiger partial charge in [0.15, 0.2) is 0 Å². The van der Waals surface area contributed by atoms with E-state index in [1.165, 1.54) is 37.4 Å². The van der Waals surface area contributed by atoms with Crippen molar-refractivity contribution in [3.63, 3.8) is 0 Å². The fraction of sp³-hybridized carbons (Fsp3) is 0.538. The molecule has 1 unspecified atom stereocenters. The van der Waals surface area contributed by atoms with Gasteiger partial charge in [0, 0.05) is 24.1 Å². The Hall–Kier alpha value is -0.740. The molecule has 4 heteroatoms. The van der Waals surface area contributed by atoms with Gasteiger partial charge in [-0.2, -0.15) is 0 Å². The topological polar surface area (TPSA) is 27.3 Å². The molecule has 0 bridgehead atoms. The molecule has 17 heavy (non-hydrogen) atoms. The summed E-state index contributed by atoms with van der Waals surface area (Å²) in [6, 6.07) is 6.49. The molecule has 92 valence electrons. The van der Waals surface area contributed by atoms with Gasteiger partial charge < -0.3 is 15.5 Å². The summed E-state index contributed by atoms with van der Waals surface area (Å²) in [5.74, 6) is 0.805. The minimum Gasteiger partial charge on any atom is -0.382 e. The van der Waals surface area contributed by atoms with E-state index in [9.17, 15) is 0 Å². The van der Waals surface area contributed by atoms with E-state index in [0.717, 1.165) is 23.5 Å². The minimum absolute atomic E-state index is 0.805. The van der Waals surface area contributed by atoms with E-state index in [-0.39, 0.29) is 0 Å². The van der Waals surface area contributed by atoms with Crippen LogP contribution >= 0.6 is 15.9 Å². The molecular weight excluding hydrogens is 278 g/mol. The largest absolute Gasteiger partial charge is 0.382 e. The van der Waals surface area contributed by atoms with Crippen LogP contribution in [0.4, 0.5) is 11.4 Å². The van der Waals surface area contributed by atoms with E-state index in [4.69, 9.17) is 0 Å². The van der Waals surface area contributed by atoms with Crippen molar-refractivity contribution in [2.24, 2.45) is 5.92 Å². The van der Waals surface area contributed by atoms with Crippen LogP contribution in [0.25, 0.3) is 0 Å². The summed E-state index contributed by atoms with van der Waals surface area (Å²) in [5, 5.41) is 6.91. The average molecular weight is 296 g/mol. The number of rotatable bonds is 2. The van der Waals surface area contributed by atoms with Crippen LogP contribution < -0.4 is 15.5 Å². The van der Waals surface area contributed by atoms with Gasteiger partial charge in [0.05, 0.1) is 11.4 Å². The van der Waals surface area contributed by atoms with E-state index in [1.54, 1.807) is 0 Å². The molecule has 3 nitrogen and oxygen atoms in total. The molecule has 0 saturated carbocycles. The Morgan fingerprint density at radius 2 is 2.29 bits per heavy atom. The molecule has 2 N–H and O–H groups in total. The van der Waals surface area contributed by atoms with E-state index in [1.807, 2.05) is 0 Å². The van der Waals surface area contributed by atoms with Gasteiger partial charge in [-0.15, -0.1) is 0 Å². The minimum atomic E-state index is 0.805. The van der Waals surface area contributed by atoms with E-state index < -0.39 is 0 Å². The summed E-state index contributed by atoms with van der Waals surface area (Å²) >= 11 is 3.56. The van der Waals surface area contributed by atoms with Crippen molar-refractivity contribution in [2.45, 2.75) is 6.42 Å². The third-order valence-electron chi connectivity index (χ3n) is 3.64. The molecule has 2 heterocycles. The Labute approximate surface area is 111 Å². The van der Waals surface area contributed by atoms with Gasteiger partial charge in [0.25, 0.3) is 0 Å². The highest BCUT2D eigenvalue weighted by Gasteiger charge is 2.22. The Morgan fingerprint density at radius 3 is 3.12 bits per heavy atom. The van der Waals surface area contributed by atoms with Crippen molar-refractivity contribution >= 4 is 27.3 Å². The smallest absolute Gasteiger partial charge is 0.0614 e. The molecule has 0 aromatic heterocycles. The first kappa shape index (κ1) is 11.4. The van der Waals surface area contributed by atoms with E-state index in [0.29, 0.717) is 0 Å². The first-order chi connectivity index (χ1) is 8.33. The standard InChI is InChI=1S/C13H18BrN3/c14-11-1-2-12-13(7-11)17(6-5-16-12)9-10-3-4-15-8-10/h1-2,7,10,15-16H,3-6,8-9H2. The summed E-state index contributed by atoms with van der Waals surface area (Å²) < 4.78 is 1.16. The molecule has 2 aliphatic rings. The number of fused-ring (bicyclic) bond motifs is 1. The van der Waals surface area contributed by atoms with Crippen LogP contribution in [-0.2, 0) is 0 Å². The fourth-order valence-corrected chi connectivity index (χ4v) is 3.08. The van der Waals surface area contributed by atoms with Crippen molar-refractivity contribution < 1.29 is 0 Å². The molecule has 0 amide bonds. The molecular formula is C13H18BrN3. The molecule has 1 aromatic rings. The molecule has 0 spiro atoms. The van der Waals surface area contributed by atoms with Gasteiger partial charge in [0.1, 0.15) is 0 Å². The fourth-order valence-electron chi connectivity index (χ4n) is 2.73. The molecule has 0 radical (unpaired) electrons. The van der Waals surface area contributed by atoms with Crippen LogP contribution in [0.1, 0.15) is 6.42 Å². The van der Waals surface area contributed by atoms with Gasteiger partial charge in [0.2, 0.25) is 0 Å². The lowest BCUT2D eigenvalue weighted by molar-refractivity contribution is 0.559. The second-order valence-electron chi connectivity index (χ2n) is 4.89. The number of anilines is 2. The number of halogens is 1. The van der Waals surface area contributed by atoms with E-state index in [2.05, 4.69) is 49.7 Å². The van der Waals surface area contributed by atoms with Crippen LogP contribution in [0.3, 0.4) is 0 Å². The van der Waals surface area contributed by atoms with Crippen LogP contribution in [0, 0.1) is 5.92 Å². The Bertz CT molecular complexity index is 402. The SMILES string of the molecule is Brc1ccc2c(c1)N(CC1CCNC1)CCN2. The van der Waals surface area contributed by atoms with Crippen molar-refractivity contribution in [3.8, 4) is 0 Å². The lowest BCUT2D eigenvalue weighted by Gasteiger charge is -2.34. The van der Waals surface area contributed by atoms with Gasteiger partial charge in [-0.05, 0) is 43.6 Å². The number of hydrogen-bond donors (Lipinski definition) is 2.